The lowest BCUT2D eigenvalue weighted by atomic mass is 9.73. The van der Waals surface area contributed by atoms with E-state index in [1.54, 1.807) is 42.5 Å². The van der Waals surface area contributed by atoms with Crippen molar-refractivity contribution >= 4 is 79.9 Å². The molecular formula is C118H124N20O9. The van der Waals surface area contributed by atoms with Crippen LogP contribution in [0.4, 0.5) is 62.6 Å². The molecule has 18 aliphatic rings. The molecule has 38 N–H and O–H groups in total. The van der Waals surface area contributed by atoms with Crippen molar-refractivity contribution in [2.24, 2.45) is 111 Å². The Bertz CT molecular complexity index is 6790. The summed E-state index contributed by atoms with van der Waals surface area (Å²) in [6.45, 7) is 0. The van der Waals surface area contributed by atoms with Crippen LogP contribution in [0.3, 0.4) is 0 Å². The molecule has 18 unspecified atom stereocenters. The van der Waals surface area contributed by atoms with E-state index in [4.69, 9.17) is 132 Å². The Morgan fingerprint density at radius 1 is 0.197 bits per heavy atom. The van der Waals surface area contributed by atoms with Crippen molar-refractivity contribution in [1.29, 1.82) is 0 Å². The van der Waals surface area contributed by atoms with Crippen molar-refractivity contribution in [2.45, 2.75) is 93.7 Å². The number of benzene rings is 9. The number of carbonyl (C=O) groups is 3. The lowest BCUT2D eigenvalue weighted by molar-refractivity contribution is 0.0750. The number of fused-ring (bicyclic) bond motifs is 18. The van der Waals surface area contributed by atoms with E-state index in [9.17, 15) is 14.4 Å². The van der Waals surface area contributed by atoms with Gasteiger partial charge in [0.2, 0.25) is 0 Å². The third-order valence-corrected chi connectivity index (χ3v) is 28.6. The van der Waals surface area contributed by atoms with Gasteiger partial charge in [0.15, 0.2) is 64.8 Å². The minimum Gasteiger partial charge on any atom is -0.485 e. The third kappa shape index (κ3) is 22.6. The smallest absolute Gasteiger partial charge is 0.170 e. The van der Waals surface area contributed by atoms with Gasteiger partial charge in [-0.2, -0.15) is 0 Å². The second-order valence-electron chi connectivity index (χ2n) is 39.5. The van der Waals surface area contributed by atoms with Gasteiger partial charge in [0.1, 0.15) is 23.7 Å². The molecule has 0 saturated heterocycles. The first-order valence-electron chi connectivity index (χ1n) is 49.3. The number of hydrogen-bond donors (Lipinski definition) is 20. The molecule has 9 aromatic rings. The second-order valence-corrected chi connectivity index (χ2v) is 39.5. The fraction of sp³-hybridized carbons (Fsp3) is 0.212. The summed E-state index contributed by atoms with van der Waals surface area (Å²) in [5.74, 6) is 7.14. The van der Waals surface area contributed by atoms with Gasteiger partial charge in [-0.15, -0.1) is 0 Å². The lowest BCUT2D eigenvalue weighted by Crippen LogP contribution is -2.39. The molecule has 9 aromatic carbocycles. The van der Waals surface area contributed by atoms with Crippen LogP contribution < -0.4 is 142 Å². The standard InChI is InChI=1S/3C14H14N2O.2C13H15N3.2C13H14N2O.2C12H12N2O2/c15-10-1-3-12-8(6-10)5-9-7-11(16)2-4-13(9)14(12)17;2*15-10-3-4-12-9(6-10)5-8-1-2-11(16)7-13(8)14(12)17;14-10-1-3-12-8(6-10)5-9-7-11(15)2-4-13(9)16-12;14-10-3-4-12-9(6-10)5-8-1-2-11(15)7-13(8)16-12;14-10-1-3-12-8(6-10)5-9-7-11(15)2-4-13(9)16-12;14-10-3-4-12-9(6-10)5-8-1-2-11(15)7-13(8)16-12;13-7-1-3-9-11(5-7)16-10-4-2-8(14)6-12(10)15-9;13-7-1-3-9-11(5-7)16-12-6-8(14)2-4-10(12)15-9/h1-4,6-8,12H,5,15-16H2;2*1-4,6-8,13H,5,15-16H2;1-4,6-8,12,16H,5,14-15H2;1-4,6-8,13,16H,5,14-15H2;1-4,6-8,12H,5,14-15H2;1-4,6-8,13H,5,14-15H2;2*1-6,9,11H,13-14H2. The summed E-state index contributed by atoms with van der Waals surface area (Å²) in [5.41, 5.74) is 130. The van der Waals surface area contributed by atoms with E-state index in [0.717, 1.165) is 141 Å². The zero-order valence-corrected chi connectivity index (χ0v) is 81.1. The van der Waals surface area contributed by atoms with Crippen molar-refractivity contribution in [1.82, 2.24) is 0 Å². The van der Waals surface area contributed by atoms with Gasteiger partial charge in [-0.1, -0.05) is 66.8 Å². The van der Waals surface area contributed by atoms with E-state index in [1.165, 1.54) is 33.6 Å². The number of nitrogen functional groups attached to an aromatic ring is 9. The Balaban J connectivity index is 0.000000104. The Morgan fingerprint density at radius 3 is 0.986 bits per heavy atom. The molecule has 29 heteroatoms. The predicted octanol–water partition coefficient (Wildman–Crippen LogP) is 13.8. The summed E-state index contributed by atoms with van der Waals surface area (Å²) in [7, 11) is 0. The molecule has 0 fully saturated rings. The van der Waals surface area contributed by atoms with Crippen molar-refractivity contribution in [3.63, 3.8) is 0 Å². The minimum atomic E-state index is -0.167. The number of Topliss-reactive ketones (excluding diaryl/α,β-unsaturated/α-hetero) is 3. The first-order valence-corrected chi connectivity index (χ1v) is 49.3. The number of hydrogen-bond acceptors (Lipinski definition) is 29. The maximum absolute atomic E-state index is 12.3. The summed E-state index contributed by atoms with van der Waals surface area (Å²) in [6.07, 6.45) is 59.1. The largest absolute Gasteiger partial charge is 0.485 e. The van der Waals surface area contributed by atoms with Gasteiger partial charge in [0, 0.05) is 184 Å². The maximum atomic E-state index is 12.3. The van der Waals surface area contributed by atoms with Gasteiger partial charge in [-0.25, -0.2) is 0 Å². The van der Waals surface area contributed by atoms with E-state index in [0.29, 0.717) is 110 Å². The molecule has 0 amide bonds. The normalized spacial score (nSPS) is 26.2. The van der Waals surface area contributed by atoms with Crippen molar-refractivity contribution < 1.29 is 42.8 Å². The molecule has 147 heavy (non-hydrogen) atoms. The SMILES string of the molecule is NC1=CC2C(=O)c3ccc(N)cc3CC2C=C1.NC1=CC2C(=O)c3ccc(N)cc3CC2C=C1.NC1=CC2Cc3cc(N)ccc3C(=O)C2C=C1.NC1=CC2Cc3cc(N)ccc3NC2C=C1.NC1=CC2Cc3cc(N)ccc3OC2C=C1.NC1=CC2Nc3ccc(N)cc3CC2C=C1.NC1=CC2Oc3cc(N)ccc3OC2C=C1.NC1=CC2Oc3ccc(N)cc3CC2C=C1.NC1=CC2Oc3ccc(N)cc3OC2C=C1. The van der Waals surface area contributed by atoms with Crippen LogP contribution in [0.15, 0.2) is 379 Å². The molecule has 6 aliphatic heterocycles. The number of nitrogens with one attached hydrogen (secondary N) is 2. The highest BCUT2D eigenvalue weighted by Crippen LogP contribution is 2.46. The molecule has 0 bridgehead atoms. The molecule has 12 aliphatic carbocycles. The highest BCUT2D eigenvalue weighted by Gasteiger charge is 2.41. The van der Waals surface area contributed by atoms with Crippen LogP contribution in [0, 0.1) is 59.2 Å². The van der Waals surface area contributed by atoms with Gasteiger partial charge in [0.05, 0.1) is 12.1 Å². The fourth-order valence-electron chi connectivity index (χ4n) is 21.3. The number of rotatable bonds is 0. The van der Waals surface area contributed by atoms with Crippen molar-refractivity contribution in [3.8, 4) is 34.5 Å². The van der Waals surface area contributed by atoms with Crippen LogP contribution in [0.1, 0.15) is 70.0 Å². The average Bonchev–Trinajstić information content (AvgIpc) is 0.767. The quantitative estimate of drug-likeness (QED) is 0.0627. The first kappa shape index (κ1) is 97.9. The summed E-state index contributed by atoms with van der Waals surface area (Å²) in [6, 6.07) is 51.6. The Kier molecular flexibility index (Phi) is 27.9. The molecule has 18 atom stereocenters. The topological polar surface area (TPSA) is 599 Å². The Morgan fingerprint density at radius 2 is 0.490 bits per heavy atom. The molecule has 6 heterocycles. The summed E-state index contributed by atoms with van der Waals surface area (Å²) in [5, 5.41) is 7.00. The van der Waals surface area contributed by atoms with E-state index in [1.807, 2.05) is 243 Å². The molecule has 0 spiro atoms. The number of anilines is 11. The van der Waals surface area contributed by atoms with Crippen LogP contribution in [0.5, 0.6) is 34.5 Å². The zero-order chi connectivity index (χ0) is 103. The van der Waals surface area contributed by atoms with E-state index in [-0.39, 0.29) is 89.5 Å². The van der Waals surface area contributed by atoms with Crippen molar-refractivity contribution in [3.05, 3.63) is 435 Å². The Labute approximate surface area is 853 Å². The van der Waals surface area contributed by atoms with E-state index in [2.05, 4.69) is 53.2 Å². The van der Waals surface area contributed by atoms with E-state index >= 15 is 0 Å². The molecule has 0 radical (unpaired) electrons. The molecule has 0 aromatic heterocycles. The summed E-state index contributed by atoms with van der Waals surface area (Å²) < 4.78 is 34.9. The van der Waals surface area contributed by atoms with Crippen LogP contribution in [0.25, 0.3) is 0 Å². The monoisotopic (exact) mass is 1960 g/mol. The number of ether oxygens (including phenoxy) is 6. The first-order chi connectivity index (χ1) is 70.8. The number of carbonyl (C=O) groups excluding carboxylic acids is 3. The number of ketones is 3. The van der Waals surface area contributed by atoms with Gasteiger partial charge in [0.25, 0.3) is 0 Å². The molecule has 29 nitrogen and oxygen atoms in total. The number of nitrogens with two attached hydrogens (primary N) is 18. The fourth-order valence-corrected chi connectivity index (χ4v) is 21.3. The molecule has 27 rings (SSSR count). The third-order valence-electron chi connectivity index (χ3n) is 28.6. The maximum Gasteiger partial charge on any atom is 0.170 e. The number of allylic oxidation sites excluding steroid dienone is 15. The average molecular weight is 1970 g/mol. The highest BCUT2D eigenvalue weighted by atomic mass is 16.6. The Hall–Kier alpha value is -17.9. The van der Waals surface area contributed by atoms with Crippen LogP contribution >= 0.6 is 0 Å². The second kappa shape index (κ2) is 42.0. The molecular weight excluding hydrogens is 1840 g/mol. The van der Waals surface area contributed by atoms with Crippen LogP contribution in [-0.2, 0) is 44.9 Å². The van der Waals surface area contributed by atoms with Gasteiger partial charge < -0.3 is 142 Å². The van der Waals surface area contributed by atoms with Crippen LogP contribution in [-0.4, -0.2) is 66.1 Å². The summed E-state index contributed by atoms with van der Waals surface area (Å²) in [4.78, 5) is 37.0. The summed E-state index contributed by atoms with van der Waals surface area (Å²) >= 11 is 0. The minimum absolute atomic E-state index is 0.0570. The molecule has 750 valence electrons. The van der Waals surface area contributed by atoms with Gasteiger partial charge in [-0.05, 0) is 351 Å². The van der Waals surface area contributed by atoms with Gasteiger partial charge in [-0.3, -0.25) is 14.4 Å². The molecule has 0 saturated carbocycles. The van der Waals surface area contributed by atoms with Gasteiger partial charge >= 0.3 is 0 Å². The predicted molar refractivity (Wildman–Crippen MR) is 586 cm³/mol. The highest BCUT2D eigenvalue weighted by molar-refractivity contribution is 6.04. The zero-order valence-electron chi connectivity index (χ0n) is 81.1. The van der Waals surface area contributed by atoms with Crippen LogP contribution in [0.2, 0.25) is 0 Å². The van der Waals surface area contributed by atoms with Crippen molar-refractivity contribution in [2.75, 3.05) is 62.2 Å². The lowest BCUT2D eigenvalue weighted by Gasteiger charge is -2.33. The van der Waals surface area contributed by atoms with E-state index < -0.39 is 0 Å².